The third-order valence-corrected chi connectivity index (χ3v) is 6.56. The Labute approximate surface area is 218 Å². The molecule has 2 unspecified atom stereocenters. The van der Waals surface area contributed by atoms with E-state index in [2.05, 4.69) is 20.3 Å². The average Bonchev–Trinajstić information content (AvgIpc) is 3.56. The fourth-order valence-electron chi connectivity index (χ4n) is 4.66. The summed E-state index contributed by atoms with van der Waals surface area (Å²) in [6.45, 7) is 1.62. The quantitative estimate of drug-likeness (QED) is 0.314. The number of nitrogens with one attached hydrogen (secondary N) is 1. The Hall–Kier alpha value is -4.41. The first-order chi connectivity index (χ1) is 18.4. The van der Waals surface area contributed by atoms with Gasteiger partial charge < -0.3 is 16.2 Å². The lowest BCUT2D eigenvalue weighted by atomic mass is 10.0. The maximum atomic E-state index is 14.1. The van der Waals surface area contributed by atoms with E-state index in [9.17, 15) is 19.1 Å². The Balaban J connectivity index is 1.32. The molecule has 1 aliphatic heterocycles. The Kier molecular flexibility index (Phi) is 7.25. The van der Waals surface area contributed by atoms with Crippen LogP contribution in [0.1, 0.15) is 32.7 Å². The van der Waals surface area contributed by atoms with Gasteiger partial charge in [-0.3, -0.25) is 14.5 Å². The van der Waals surface area contributed by atoms with Crippen molar-refractivity contribution < 1.29 is 19.1 Å². The summed E-state index contributed by atoms with van der Waals surface area (Å²) >= 11 is 0. The van der Waals surface area contributed by atoms with Crippen molar-refractivity contribution in [2.24, 2.45) is 5.73 Å². The van der Waals surface area contributed by atoms with Crippen molar-refractivity contribution in [1.82, 2.24) is 25.0 Å². The highest BCUT2D eigenvalue weighted by atomic mass is 19.1. The first-order valence-electron chi connectivity index (χ1n) is 12.2. The zero-order valence-electron chi connectivity index (χ0n) is 20.5. The highest BCUT2D eigenvalue weighted by Crippen LogP contribution is 2.26. The van der Waals surface area contributed by atoms with Gasteiger partial charge in [-0.2, -0.15) is 5.10 Å². The predicted octanol–water partition coefficient (Wildman–Crippen LogP) is 2.11. The van der Waals surface area contributed by atoms with Crippen LogP contribution in [0, 0.1) is 5.82 Å². The number of rotatable bonds is 9. The molecule has 0 saturated carbocycles. The third-order valence-electron chi connectivity index (χ3n) is 6.56. The SMILES string of the molecule is NC(=O)C(O)C(Cc1ccccc1)NC(=O)c1cccnc1-n1ccc(CN2Cc3cccc(F)c3C2)n1. The number of aliphatic hydroxyl groups excluding tert-OH is 1. The van der Waals surface area contributed by atoms with Crippen LogP contribution in [0.3, 0.4) is 0 Å². The second kappa shape index (κ2) is 10.9. The monoisotopic (exact) mass is 514 g/mol. The van der Waals surface area contributed by atoms with Crippen LogP contribution in [0.5, 0.6) is 0 Å². The van der Waals surface area contributed by atoms with Gasteiger partial charge in [0.2, 0.25) is 5.91 Å². The van der Waals surface area contributed by atoms with Gasteiger partial charge in [0.15, 0.2) is 11.9 Å². The molecule has 194 valence electrons. The van der Waals surface area contributed by atoms with E-state index in [0.717, 1.165) is 16.8 Å². The number of hydrogen-bond acceptors (Lipinski definition) is 6. The number of fused-ring (bicyclic) bond motifs is 1. The number of aliphatic hydroxyl groups is 1. The lowest BCUT2D eigenvalue weighted by molar-refractivity contribution is -0.127. The molecule has 0 fully saturated rings. The number of pyridine rings is 1. The van der Waals surface area contributed by atoms with Crippen molar-refractivity contribution in [2.75, 3.05) is 0 Å². The number of nitrogens with zero attached hydrogens (tertiary/aromatic N) is 4. The number of amides is 2. The van der Waals surface area contributed by atoms with Gasteiger partial charge >= 0.3 is 0 Å². The molecular formula is C28H27FN6O3. The topological polar surface area (TPSA) is 126 Å². The molecule has 4 aromatic rings. The second-order valence-corrected chi connectivity index (χ2v) is 9.27. The van der Waals surface area contributed by atoms with Crippen LogP contribution in [0.15, 0.2) is 79.1 Å². The van der Waals surface area contributed by atoms with Crippen LogP contribution in [-0.4, -0.2) is 48.7 Å². The number of hydrogen-bond donors (Lipinski definition) is 3. The molecule has 5 rings (SSSR count). The van der Waals surface area contributed by atoms with Crippen LogP contribution in [0.4, 0.5) is 4.39 Å². The molecule has 0 saturated heterocycles. The van der Waals surface area contributed by atoms with Crippen molar-refractivity contribution in [1.29, 1.82) is 0 Å². The summed E-state index contributed by atoms with van der Waals surface area (Å²) in [6.07, 6.45) is 1.88. The predicted molar refractivity (Wildman–Crippen MR) is 137 cm³/mol. The van der Waals surface area contributed by atoms with Crippen LogP contribution < -0.4 is 11.1 Å². The maximum Gasteiger partial charge on any atom is 0.255 e. The molecule has 0 radical (unpaired) electrons. The normalized spacial score (nSPS) is 14.6. The molecule has 0 aliphatic carbocycles. The molecule has 0 spiro atoms. The fraction of sp³-hybridized carbons (Fsp3) is 0.214. The molecule has 1 aliphatic rings. The highest BCUT2D eigenvalue weighted by molar-refractivity contribution is 5.97. The molecule has 2 aromatic carbocycles. The van der Waals surface area contributed by atoms with E-state index in [1.54, 1.807) is 30.6 Å². The Morgan fingerprint density at radius 2 is 1.87 bits per heavy atom. The van der Waals surface area contributed by atoms with Gasteiger partial charge in [-0.05, 0) is 41.8 Å². The van der Waals surface area contributed by atoms with Gasteiger partial charge in [0, 0.05) is 37.6 Å². The summed E-state index contributed by atoms with van der Waals surface area (Å²) in [6, 6.07) is 18.4. The van der Waals surface area contributed by atoms with Gasteiger partial charge in [0.1, 0.15) is 5.82 Å². The van der Waals surface area contributed by atoms with Gasteiger partial charge in [0.25, 0.3) is 5.91 Å². The minimum absolute atomic E-state index is 0.202. The summed E-state index contributed by atoms with van der Waals surface area (Å²) in [5.74, 6) is -1.37. The number of halogens is 1. The van der Waals surface area contributed by atoms with Crippen molar-refractivity contribution >= 4 is 11.8 Å². The smallest absolute Gasteiger partial charge is 0.255 e. The minimum atomic E-state index is -1.58. The van der Waals surface area contributed by atoms with Crippen molar-refractivity contribution in [2.45, 2.75) is 38.2 Å². The van der Waals surface area contributed by atoms with Crippen LogP contribution in [0.2, 0.25) is 0 Å². The number of carbonyl (C=O) groups excluding carboxylic acids is 2. The van der Waals surface area contributed by atoms with E-state index in [1.165, 1.54) is 10.7 Å². The van der Waals surface area contributed by atoms with Gasteiger partial charge in [-0.25, -0.2) is 14.1 Å². The van der Waals surface area contributed by atoms with E-state index in [0.29, 0.717) is 31.0 Å². The number of nitrogens with two attached hydrogens (primary N) is 1. The van der Waals surface area contributed by atoms with E-state index < -0.39 is 24.0 Å². The molecule has 2 atom stereocenters. The molecule has 2 aromatic heterocycles. The molecular weight excluding hydrogens is 487 g/mol. The van der Waals surface area contributed by atoms with Gasteiger partial charge in [-0.1, -0.05) is 42.5 Å². The summed E-state index contributed by atoms with van der Waals surface area (Å²) in [4.78, 5) is 31.5. The zero-order chi connectivity index (χ0) is 26.6. The third kappa shape index (κ3) is 5.46. The summed E-state index contributed by atoms with van der Waals surface area (Å²) in [5.41, 5.74) is 8.79. The number of benzene rings is 2. The summed E-state index contributed by atoms with van der Waals surface area (Å²) in [5, 5.41) is 17.7. The Morgan fingerprint density at radius 1 is 1.05 bits per heavy atom. The van der Waals surface area contributed by atoms with Crippen molar-refractivity contribution in [3.8, 4) is 5.82 Å². The highest BCUT2D eigenvalue weighted by Gasteiger charge is 2.28. The zero-order valence-corrected chi connectivity index (χ0v) is 20.5. The summed E-state index contributed by atoms with van der Waals surface area (Å²) < 4.78 is 15.6. The number of primary amides is 1. The maximum absolute atomic E-state index is 14.1. The molecule has 0 bridgehead atoms. The number of aromatic nitrogens is 3. The number of carbonyl (C=O) groups is 2. The summed E-state index contributed by atoms with van der Waals surface area (Å²) in [7, 11) is 0. The standard InChI is InChI=1S/C28H27FN6O3/c29-23-10-4-8-19-15-34(17-22(19)23)16-20-11-13-35(33-20)27-21(9-5-12-31-27)28(38)32-24(25(36)26(30)37)14-18-6-2-1-3-7-18/h1-13,24-25,36H,14-17H2,(H2,30,37)(H,32,38). The molecule has 3 heterocycles. The molecule has 2 amide bonds. The van der Waals surface area contributed by atoms with Gasteiger partial charge in [0.05, 0.1) is 17.3 Å². The van der Waals surface area contributed by atoms with Crippen molar-refractivity contribution in [3.05, 3.63) is 113 Å². The molecule has 4 N–H and O–H groups in total. The Bertz CT molecular complexity index is 1460. The molecule has 38 heavy (non-hydrogen) atoms. The minimum Gasteiger partial charge on any atom is -0.381 e. The molecule has 9 nitrogen and oxygen atoms in total. The van der Waals surface area contributed by atoms with Gasteiger partial charge in [-0.15, -0.1) is 0 Å². The second-order valence-electron chi connectivity index (χ2n) is 9.27. The van der Waals surface area contributed by atoms with Crippen LogP contribution in [0.25, 0.3) is 5.82 Å². The first kappa shape index (κ1) is 25.2. The largest absolute Gasteiger partial charge is 0.381 e. The molecule has 10 heteroatoms. The lowest BCUT2D eigenvalue weighted by Gasteiger charge is -2.22. The van der Waals surface area contributed by atoms with E-state index in [1.807, 2.05) is 42.5 Å². The van der Waals surface area contributed by atoms with E-state index in [-0.39, 0.29) is 17.8 Å². The van der Waals surface area contributed by atoms with Crippen LogP contribution >= 0.6 is 0 Å². The van der Waals surface area contributed by atoms with Crippen LogP contribution in [-0.2, 0) is 30.8 Å². The Morgan fingerprint density at radius 3 is 2.63 bits per heavy atom. The van der Waals surface area contributed by atoms with Crippen molar-refractivity contribution in [3.63, 3.8) is 0 Å². The van der Waals surface area contributed by atoms with E-state index in [4.69, 9.17) is 5.73 Å². The first-order valence-corrected chi connectivity index (χ1v) is 12.2. The fourth-order valence-corrected chi connectivity index (χ4v) is 4.66. The van der Waals surface area contributed by atoms with E-state index >= 15 is 0 Å². The lowest BCUT2D eigenvalue weighted by Crippen LogP contribution is -2.50. The average molecular weight is 515 g/mol.